The normalized spacial score (nSPS) is 13.8. The first-order chi connectivity index (χ1) is 6.08. The van der Waals surface area contributed by atoms with Crippen molar-refractivity contribution in [1.82, 2.24) is 0 Å². The summed E-state index contributed by atoms with van der Waals surface area (Å²) in [6.45, 7) is 7.35. The second kappa shape index (κ2) is 5.57. The number of carbonyl (C=O) groups excluding carboxylic acids is 1. The van der Waals surface area contributed by atoms with Crippen LogP contribution in [0.3, 0.4) is 0 Å². The molecule has 0 bridgehead atoms. The molecule has 13 heavy (non-hydrogen) atoms. The average molecular weight is 182 g/mol. The van der Waals surface area contributed by atoms with Crippen molar-refractivity contribution in [3.05, 3.63) is 23.0 Å². The SMILES string of the molecule is C/C=C(C(C)=O)\C(CC)=C(/C)OC. The molecule has 0 saturated carbocycles. The van der Waals surface area contributed by atoms with Gasteiger partial charge in [0.1, 0.15) is 0 Å². The third-order valence-corrected chi connectivity index (χ3v) is 2.08. The summed E-state index contributed by atoms with van der Waals surface area (Å²) in [7, 11) is 1.62. The number of ether oxygens (including phenoxy) is 1. The largest absolute Gasteiger partial charge is 0.501 e. The Morgan fingerprint density at radius 1 is 1.38 bits per heavy atom. The minimum Gasteiger partial charge on any atom is -0.501 e. The summed E-state index contributed by atoms with van der Waals surface area (Å²) in [4.78, 5) is 11.2. The van der Waals surface area contributed by atoms with Crippen molar-refractivity contribution in [2.45, 2.75) is 34.1 Å². The van der Waals surface area contributed by atoms with Gasteiger partial charge in [-0.15, -0.1) is 0 Å². The van der Waals surface area contributed by atoms with Crippen molar-refractivity contribution < 1.29 is 9.53 Å². The number of hydrogen-bond donors (Lipinski definition) is 0. The Morgan fingerprint density at radius 2 is 1.92 bits per heavy atom. The fraction of sp³-hybridized carbons (Fsp3) is 0.545. The number of ketones is 1. The Bertz CT molecular complexity index is 247. The highest BCUT2D eigenvalue weighted by molar-refractivity contribution is 5.97. The van der Waals surface area contributed by atoms with Crippen molar-refractivity contribution in [3.8, 4) is 0 Å². The van der Waals surface area contributed by atoms with Gasteiger partial charge in [-0.2, -0.15) is 0 Å². The molecule has 2 heteroatoms. The van der Waals surface area contributed by atoms with Gasteiger partial charge < -0.3 is 4.74 Å². The van der Waals surface area contributed by atoms with Crippen molar-refractivity contribution in [2.75, 3.05) is 7.11 Å². The molecule has 0 radical (unpaired) electrons. The van der Waals surface area contributed by atoms with Crippen molar-refractivity contribution in [1.29, 1.82) is 0 Å². The van der Waals surface area contributed by atoms with E-state index in [1.807, 2.05) is 26.8 Å². The van der Waals surface area contributed by atoms with E-state index in [0.717, 1.165) is 23.3 Å². The molecule has 0 saturated heterocycles. The maximum absolute atomic E-state index is 11.2. The van der Waals surface area contributed by atoms with E-state index in [1.54, 1.807) is 14.0 Å². The first-order valence-corrected chi connectivity index (χ1v) is 4.49. The van der Waals surface area contributed by atoms with Crippen LogP contribution in [0.15, 0.2) is 23.0 Å². The molecule has 0 unspecified atom stereocenters. The van der Waals surface area contributed by atoms with Crippen LogP contribution in [-0.4, -0.2) is 12.9 Å². The van der Waals surface area contributed by atoms with Crippen LogP contribution < -0.4 is 0 Å². The molecule has 0 aliphatic heterocycles. The average Bonchev–Trinajstić information content (AvgIpc) is 2.12. The molecule has 0 N–H and O–H groups in total. The molecule has 74 valence electrons. The summed E-state index contributed by atoms with van der Waals surface area (Å²) in [5, 5.41) is 0. The molecule has 0 aromatic rings. The topological polar surface area (TPSA) is 26.3 Å². The Morgan fingerprint density at radius 3 is 2.15 bits per heavy atom. The summed E-state index contributed by atoms with van der Waals surface area (Å²) in [6.07, 6.45) is 2.66. The summed E-state index contributed by atoms with van der Waals surface area (Å²) in [6, 6.07) is 0. The molecule has 0 rings (SSSR count). The van der Waals surface area contributed by atoms with Crippen molar-refractivity contribution >= 4 is 5.78 Å². The minimum atomic E-state index is 0.0933. The third kappa shape index (κ3) is 3.05. The van der Waals surface area contributed by atoms with E-state index in [-0.39, 0.29) is 5.78 Å². The van der Waals surface area contributed by atoms with Crippen LogP contribution >= 0.6 is 0 Å². The second-order valence-corrected chi connectivity index (χ2v) is 2.85. The fourth-order valence-electron chi connectivity index (χ4n) is 1.34. The van der Waals surface area contributed by atoms with E-state index in [0.29, 0.717) is 0 Å². The zero-order valence-corrected chi connectivity index (χ0v) is 9.10. The number of Topliss-reactive ketones (excluding diaryl/α,β-unsaturated/α-hetero) is 1. The van der Waals surface area contributed by atoms with Gasteiger partial charge in [0.2, 0.25) is 0 Å². The molecule has 2 nitrogen and oxygen atoms in total. The predicted octanol–water partition coefficient (Wildman–Crippen LogP) is 2.85. The first kappa shape index (κ1) is 11.9. The second-order valence-electron chi connectivity index (χ2n) is 2.85. The number of hydrogen-bond acceptors (Lipinski definition) is 2. The number of methoxy groups -OCH3 is 1. The lowest BCUT2D eigenvalue weighted by Crippen LogP contribution is -2.02. The van der Waals surface area contributed by atoms with Gasteiger partial charge in [-0.25, -0.2) is 0 Å². The molecule has 0 heterocycles. The van der Waals surface area contributed by atoms with Gasteiger partial charge >= 0.3 is 0 Å². The highest BCUT2D eigenvalue weighted by Crippen LogP contribution is 2.19. The van der Waals surface area contributed by atoms with Crippen LogP contribution in [0.5, 0.6) is 0 Å². The van der Waals surface area contributed by atoms with Crippen molar-refractivity contribution in [2.24, 2.45) is 0 Å². The number of rotatable bonds is 4. The van der Waals surface area contributed by atoms with Gasteiger partial charge in [-0.05, 0) is 32.8 Å². The Labute approximate surface area is 80.3 Å². The molecule has 0 atom stereocenters. The molecule has 0 aliphatic rings. The first-order valence-electron chi connectivity index (χ1n) is 4.49. The van der Waals surface area contributed by atoms with E-state index in [9.17, 15) is 4.79 Å². The van der Waals surface area contributed by atoms with Gasteiger partial charge in [0.15, 0.2) is 5.78 Å². The summed E-state index contributed by atoms with van der Waals surface area (Å²) in [5.41, 5.74) is 1.76. The third-order valence-electron chi connectivity index (χ3n) is 2.08. The molecular weight excluding hydrogens is 164 g/mol. The van der Waals surface area contributed by atoms with Crippen LogP contribution in [0.1, 0.15) is 34.1 Å². The number of carbonyl (C=O) groups is 1. The van der Waals surface area contributed by atoms with E-state index >= 15 is 0 Å². The lowest BCUT2D eigenvalue weighted by atomic mass is 9.99. The van der Waals surface area contributed by atoms with Gasteiger partial charge in [-0.1, -0.05) is 13.0 Å². The lowest BCUT2D eigenvalue weighted by Gasteiger charge is -2.10. The van der Waals surface area contributed by atoms with E-state index in [2.05, 4.69) is 0 Å². The highest BCUT2D eigenvalue weighted by atomic mass is 16.5. The van der Waals surface area contributed by atoms with Crippen LogP contribution in [0.4, 0.5) is 0 Å². The Hall–Kier alpha value is -1.05. The fourth-order valence-corrected chi connectivity index (χ4v) is 1.34. The highest BCUT2D eigenvalue weighted by Gasteiger charge is 2.10. The number of allylic oxidation sites excluding steroid dienone is 4. The van der Waals surface area contributed by atoms with E-state index < -0.39 is 0 Å². The van der Waals surface area contributed by atoms with Gasteiger partial charge in [0.25, 0.3) is 0 Å². The zero-order valence-electron chi connectivity index (χ0n) is 9.10. The molecule has 0 amide bonds. The molecule has 0 aromatic carbocycles. The van der Waals surface area contributed by atoms with Crippen molar-refractivity contribution in [3.63, 3.8) is 0 Å². The van der Waals surface area contributed by atoms with E-state index in [4.69, 9.17) is 4.74 Å². The van der Waals surface area contributed by atoms with Gasteiger partial charge in [0, 0.05) is 5.57 Å². The molecule has 0 aromatic heterocycles. The molecule has 0 fully saturated rings. The van der Waals surface area contributed by atoms with Crippen LogP contribution in [-0.2, 0) is 9.53 Å². The zero-order chi connectivity index (χ0) is 10.4. The standard InChI is InChI=1S/C11H18O2/c1-6-10(8(3)12)11(7-2)9(4)13-5/h6H,7H2,1-5H3/b10-6-,11-9+. The summed E-state index contributed by atoms with van der Waals surface area (Å²) in [5.74, 6) is 0.918. The monoisotopic (exact) mass is 182 g/mol. The molecular formula is C11H18O2. The van der Waals surface area contributed by atoms with E-state index in [1.165, 1.54) is 0 Å². The molecule has 0 aliphatic carbocycles. The van der Waals surface area contributed by atoms with Crippen LogP contribution in [0.25, 0.3) is 0 Å². The lowest BCUT2D eigenvalue weighted by molar-refractivity contribution is -0.113. The van der Waals surface area contributed by atoms with Crippen LogP contribution in [0, 0.1) is 0 Å². The van der Waals surface area contributed by atoms with Gasteiger partial charge in [-0.3, -0.25) is 4.79 Å². The maximum atomic E-state index is 11.2. The summed E-state index contributed by atoms with van der Waals surface area (Å²) < 4.78 is 5.12. The summed E-state index contributed by atoms with van der Waals surface area (Å²) >= 11 is 0. The molecule has 0 spiro atoms. The predicted molar refractivity (Wildman–Crippen MR) is 54.4 cm³/mol. The maximum Gasteiger partial charge on any atom is 0.159 e. The Kier molecular flexibility index (Phi) is 5.12. The van der Waals surface area contributed by atoms with Gasteiger partial charge in [0.05, 0.1) is 12.9 Å². The minimum absolute atomic E-state index is 0.0933. The Balaban J connectivity index is 5.08. The van der Waals surface area contributed by atoms with Crippen LogP contribution in [0.2, 0.25) is 0 Å². The quantitative estimate of drug-likeness (QED) is 0.379. The smallest absolute Gasteiger partial charge is 0.159 e.